The fraction of sp³-hybridized carbons (Fsp3) is 0.600. The highest BCUT2D eigenvalue weighted by Gasteiger charge is 2.24. The zero-order chi connectivity index (χ0) is 13.0. The number of nitrogens with zero attached hydrogens (tertiary/aromatic N) is 1. The van der Waals surface area contributed by atoms with E-state index in [4.69, 9.17) is 4.42 Å². The van der Waals surface area contributed by atoms with E-state index in [1.807, 2.05) is 13.0 Å². The van der Waals surface area contributed by atoms with E-state index < -0.39 is 0 Å². The molecule has 2 heterocycles. The second-order valence-corrected chi connectivity index (χ2v) is 5.06. The normalized spacial score (nSPS) is 16.9. The van der Waals surface area contributed by atoms with Gasteiger partial charge in [0.15, 0.2) is 0 Å². The number of halogens is 2. The zero-order valence-electron chi connectivity index (χ0n) is 12.4. The minimum Gasteiger partial charge on any atom is -0.464 e. The third-order valence-electron chi connectivity index (χ3n) is 3.75. The Balaban J connectivity index is 0.00000180. The van der Waals surface area contributed by atoms with Crippen molar-refractivity contribution in [3.63, 3.8) is 0 Å². The molecule has 116 valence electrons. The topological polar surface area (TPSA) is 28.4 Å². The molecule has 1 aliphatic heterocycles. The largest absolute Gasteiger partial charge is 0.464 e. The van der Waals surface area contributed by atoms with Gasteiger partial charge >= 0.3 is 0 Å². The zero-order valence-corrected chi connectivity index (χ0v) is 14.0. The molecule has 1 saturated heterocycles. The number of furan rings is 1. The lowest BCUT2D eigenvalue weighted by Crippen LogP contribution is -2.45. The van der Waals surface area contributed by atoms with E-state index >= 15 is 0 Å². The molecular weight excluding hydrogens is 295 g/mol. The first-order valence-corrected chi connectivity index (χ1v) is 6.85. The number of allylic oxidation sites excluding steroid dienone is 1. The Labute approximate surface area is 134 Å². The first kappa shape index (κ1) is 19.5. The molecule has 0 unspecified atom stereocenters. The van der Waals surface area contributed by atoms with Crippen molar-refractivity contribution in [1.29, 1.82) is 0 Å². The Morgan fingerprint density at radius 3 is 2.50 bits per heavy atom. The quantitative estimate of drug-likeness (QED) is 0.839. The smallest absolute Gasteiger partial charge is 0.121 e. The minimum atomic E-state index is 0. The van der Waals surface area contributed by atoms with Crippen LogP contribution in [0, 0.1) is 13.8 Å². The Kier molecular flexibility index (Phi) is 9.23. The third kappa shape index (κ3) is 4.81. The van der Waals surface area contributed by atoms with Crippen LogP contribution in [0.15, 0.2) is 23.1 Å². The van der Waals surface area contributed by atoms with E-state index in [1.165, 1.54) is 5.56 Å². The van der Waals surface area contributed by atoms with Crippen molar-refractivity contribution < 1.29 is 4.42 Å². The first-order chi connectivity index (χ1) is 8.72. The highest BCUT2D eigenvalue weighted by atomic mass is 35.5. The van der Waals surface area contributed by atoms with Gasteiger partial charge in [-0.15, -0.1) is 31.4 Å². The van der Waals surface area contributed by atoms with Gasteiger partial charge in [-0.3, -0.25) is 4.90 Å². The summed E-state index contributed by atoms with van der Waals surface area (Å²) in [5.41, 5.74) is 1.25. The van der Waals surface area contributed by atoms with Gasteiger partial charge in [0, 0.05) is 26.2 Å². The van der Waals surface area contributed by atoms with Gasteiger partial charge in [-0.1, -0.05) is 6.08 Å². The number of rotatable bonds is 5. The summed E-state index contributed by atoms with van der Waals surface area (Å²) in [5, 5.41) is 3.40. The van der Waals surface area contributed by atoms with E-state index in [9.17, 15) is 0 Å². The molecule has 20 heavy (non-hydrogen) atoms. The van der Waals surface area contributed by atoms with Crippen molar-refractivity contribution >= 4 is 24.8 Å². The standard InChI is InChI=1S/C15H24N2O.2ClH/c1-4-5-6-14(17-9-7-16-8-10-17)15-11-12(2)13(3)18-15;;/h4,11,14,16H,1,5-10H2,2-3H3;2*1H/t14-;;/m0../s1. The van der Waals surface area contributed by atoms with E-state index in [0.717, 1.165) is 50.5 Å². The molecule has 0 spiro atoms. The van der Waals surface area contributed by atoms with Crippen LogP contribution in [-0.4, -0.2) is 31.1 Å². The van der Waals surface area contributed by atoms with Gasteiger partial charge in [-0.2, -0.15) is 0 Å². The fourth-order valence-electron chi connectivity index (χ4n) is 2.54. The molecule has 1 aromatic rings. The van der Waals surface area contributed by atoms with E-state index in [0.29, 0.717) is 6.04 Å². The monoisotopic (exact) mass is 320 g/mol. The molecule has 3 nitrogen and oxygen atoms in total. The molecule has 0 aromatic carbocycles. The Morgan fingerprint density at radius 1 is 1.35 bits per heavy atom. The molecule has 1 N–H and O–H groups in total. The third-order valence-corrected chi connectivity index (χ3v) is 3.75. The number of piperazine rings is 1. The van der Waals surface area contributed by atoms with Crippen molar-refractivity contribution in [2.45, 2.75) is 32.7 Å². The summed E-state index contributed by atoms with van der Waals surface area (Å²) in [5.74, 6) is 2.16. The molecule has 0 radical (unpaired) electrons. The maximum atomic E-state index is 5.93. The van der Waals surface area contributed by atoms with Crippen LogP contribution in [0.2, 0.25) is 0 Å². The van der Waals surface area contributed by atoms with Gasteiger partial charge in [0.2, 0.25) is 0 Å². The van der Waals surface area contributed by atoms with Gasteiger partial charge in [-0.05, 0) is 38.3 Å². The predicted octanol–water partition coefficient (Wildman–Crippen LogP) is 3.65. The van der Waals surface area contributed by atoms with Gasteiger partial charge < -0.3 is 9.73 Å². The van der Waals surface area contributed by atoms with E-state index in [2.05, 4.69) is 29.8 Å². The molecule has 1 atom stereocenters. The van der Waals surface area contributed by atoms with Gasteiger partial charge in [0.1, 0.15) is 11.5 Å². The summed E-state index contributed by atoms with van der Waals surface area (Å²) < 4.78 is 5.93. The average molecular weight is 321 g/mol. The summed E-state index contributed by atoms with van der Waals surface area (Å²) in [4.78, 5) is 2.53. The van der Waals surface area contributed by atoms with Crippen LogP contribution in [0.3, 0.4) is 0 Å². The molecule has 0 bridgehead atoms. The molecule has 0 aliphatic carbocycles. The van der Waals surface area contributed by atoms with Crippen LogP contribution < -0.4 is 5.32 Å². The highest BCUT2D eigenvalue weighted by Crippen LogP contribution is 2.29. The Bertz CT molecular complexity index is 381. The summed E-state index contributed by atoms with van der Waals surface area (Å²) in [6.07, 6.45) is 4.13. The summed E-state index contributed by atoms with van der Waals surface area (Å²) in [7, 11) is 0. The molecule has 0 saturated carbocycles. The second kappa shape index (κ2) is 9.46. The molecule has 1 aliphatic rings. The summed E-state index contributed by atoms with van der Waals surface area (Å²) in [6, 6.07) is 2.60. The second-order valence-electron chi connectivity index (χ2n) is 5.06. The summed E-state index contributed by atoms with van der Waals surface area (Å²) in [6.45, 7) is 12.3. The van der Waals surface area contributed by atoms with Crippen LogP contribution in [0.1, 0.15) is 36.0 Å². The molecule has 2 rings (SSSR count). The van der Waals surface area contributed by atoms with Crippen LogP contribution in [0.4, 0.5) is 0 Å². The van der Waals surface area contributed by atoms with Crippen LogP contribution in [-0.2, 0) is 0 Å². The maximum Gasteiger partial charge on any atom is 0.121 e. The SMILES string of the molecule is C=CCC[C@@H](c1cc(C)c(C)o1)N1CCNCC1.Cl.Cl. The van der Waals surface area contributed by atoms with Gasteiger partial charge in [0.25, 0.3) is 0 Å². The van der Waals surface area contributed by atoms with E-state index in [1.54, 1.807) is 0 Å². The molecule has 0 amide bonds. The van der Waals surface area contributed by atoms with Crippen LogP contribution in [0.5, 0.6) is 0 Å². The maximum absolute atomic E-state index is 5.93. The number of hydrogen-bond acceptors (Lipinski definition) is 3. The average Bonchev–Trinajstić information content (AvgIpc) is 2.71. The number of aryl methyl sites for hydroxylation is 2. The predicted molar refractivity (Wildman–Crippen MR) is 89.3 cm³/mol. The van der Waals surface area contributed by atoms with Gasteiger partial charge in [-0.25, -0.2) is 0 Å². The lowest BCUT2D eigenvalue weighted by atomic mass is 10.1. The van der Waals surface area contributed by atoms with Crippen molar-refractivity contribution in [1.82, 2.24) is 10.2 Å². The molecule has 5 heteroatoms. The fourth-order valence-corrected chi connectivity index (χ4v) is 2.54. The number of nitrogens with one attached hydrogen (secondary N) is 1. The molecule has 1 fully saturated rings. The van der Waals surface area contributed by atoms with Crippen molar-refractivity contribution in [3.05, 3.63) is 35.8 Å². The minimum absolute atomic E-state index is 0. The molecular formula is C15H26Cl2N2O. The first-order valence-electron chi connectivity index (χ1n) is 6.85. The lowest BCUT2D eigenvalue weighted by molar-refractivity contribution is 0.146. The van der Waals surface area contributed by atoms with Gasteiger partial charge in [0.05, 0.1) is 6.04 Å². The Morgan fingerprint density at radius 2 is 2.00 bits per heavy atom. The number of hydrogen-bond donors (Lipinski definition) is 1. The van der Waals surface area contributed by atoms with Crippen molar-refractivity contribution in [3.8, 4) is 0 Å². The summed E-state index contributed by atoms with van der Waals surface area (Å²) >= 11 is 0. The molecule has 1 aromatic heterocycles. The highest BCUT2D eigenvalue weighted by molar-refractivity contribution is 5.85. The Hall–Kier alpha value is -0.480. The lowest BCUT2D eigenvalue weighted by Gasteiger charge is -2.33. The van der Waals surface area contributed by atoms with E-state index in [-0.39, 0.29) is 24.8 Å². The van der Waals surface area contributed by atoms with Crippen molar-refractivity contribution in [2.75, 3.05) is 26.2 Å². The van der Waals surface area contributed by atoms with Crippen LogP contribution >= 0.6 is 24.8 Å². The van der Waals surface area contributed by atoms with Crippen LogP contribution in [0.25, 0.3) is 0 Å². The van der Waals surface area contributed by atoms with Crippen molar-refractivity contribution in [2.24, 2.45) is 0 Å².